The molecule has 1 heterocycles. The highest BCUT2D eigenvalue weighted by atomic mass is 16.5. The highest BCUT2D eigenvalue weighted by molar-refractivity contribution is 5.87. The third-order valence-corrected chi connectivity index (χ3v) is 3.36. The molecule has 1 saturated heterocycles. The molecule has 0 aromatic heterocycles. The van der Waals surface area contributed by atoms with Gasteiger partial charge in [0.2, 0.25) is 0 Å². The summed E-state index contributed by atoms with van der Waals surface area (Å²) in [4.78, 5) is 7.20. The van der Waals surface area contributed by atoms with Crippen LogP contribution in [0.5, 0.6) is 0 Å². The number of morpholine rings is 1. The quantitative estimate of drug-likeness (QED) is 0.663. The molecule has 0 atom stereocenters. The van der Waals surface area contributed by atoms with Crippen LogP contribution >= 0.6 is 0 Å². The molecule has 2 rings (SSSR count). The van der Waals surface area contributed by atoms with Gasteiger partial charge in [0.1, 0.15) is 5.84 Å². The fourth-order valence-electron chi connectivity index (χ4n) is 2.40. The lowest BCUT2D eigenvalue weighted by atomic mass is 10.2. The largest absolute Gasteiger partial charge is 0.378 e. The molecular weight excluding hydrogens is 250 g/mol. The Hall–Kier alpha value is -1.55. The first-order valence-corrected chi connectivity index (χ1v) is 7.58. The summed E-state index contributed by atoms with van der Waals surface area (Å²) in [6.45, 7) is 8.69. The third kappa shape index (κ3) is 3.97. The maximum absolute atomic E-state index is 5.43. The van der Waals surface area contributed by atoms with E-state index in [0.717, 1.165) is 57.2 Å². The lowest BCUT2D eigenvalue weighted by Crippen LogP contribution is -2.36. The number of ether oxygens (including phenoxy) is 1. The molecule has 1 aliphatic rings. The highest BCUT2D eigenvalue weighted by Gasteiger charge is 2.14. The molecule has 20 heavy (non-hydrogen) atoms. The molecule has 0 unspecified atom stereocenters. The summed E-state index contributed by atoms with van der Waals surface area (Å²) in [6, 6.07) is 8.38. The Labute approximate surface area is 121 Å². The minimum atomic E-state index is 0.799. The minimum Gasteiger partial charge on any atom is -0.378 e. The molecule has 4 heteroatoms. The zero-order chi connectivity index (χ0) is 14.2. The number of benzene rings is 1. The second-order valence-corrected chi connectivity index (χ2v) is 4.93. The van der Waals surface area contributed by atoms with Crippen molar-refractivity contribution in [1.29, 1.82) is 0 Å². The van der Waals surface area contributed by atoms with Gasteiger partial charge in [0.15, 0.2) is 0 Å². The van der Waals surface area contributed by atoms with Gasteiger partial charge in [-0.3, -0.25) is 0 Å². The summed E-state index contributed by atoms with van der Waals surface area (Å²) in [5, 5.41) is 3.37. The number of rotatable bonds is 5. The number of anilines is 1. The maximum atomic E-state index is 5.43. The highest BCUT2D eigenvalue weighted by Crippen LogP contribution is 2.29. The molecule has 1 fully saturated rings. The summed E-state index contributed by atoms with van der Waals surface area (Å²) < 4.78 is 5.43. The third-order valence-electron chi connectivity index (χ3n) is 3.36. The Bertz CT molecular complexity index is 431. The number of nitrogens with one attached hydrogen (secondary N) is 1. The van der Waals surface area contributed by atoms with E-state index < -0.39 is 0 Å². The van der Waals surface area contributed by atoms with Gasteiger partial charge < -0.3 is 15.0 Å². The monoisotopic (exact) mass is 275 g/mol. The van der Waals surface area contributed by atoms with E-state index in [-0.39, 0.29) is 0 Å². The van der Waals surface area contributed by atoms with Crippen molar-refractivity contribution in [2.24, 2.45) is 4.99 Å². The first kappa shape index (κ1) is 14.9. The molecule has 0 aliphatic carbocycles. The average molecular weight is 275 g/mol. The normalized spacial score (nSPS) is 16.3. The number of amidine groups is 1. The number of hydrogen-bond acceptors (Lipinski definition) is 3. The van der Waals surface area contributed by atoms with E-state index in [2.05, 4.69) is 48.3 Å². The van der Waals surface area contributed by atoms with E-state index in [1.165, 1.54) is 5.69 Å². The predicted molar refractivity (Wildman–Crippen MR) is 85.2 cm³/mol. The van der Waals surface area contributed by atoms with Gasteiger partial charge in [0, 0.05) is 26.1 Å². The van der Waals surface area contributed by atoms with Crippen LogP contribution in [-0.2, 0) is 4.74 Å². The van der Waals surface area contributed by atoms with E-state index in [1.807, 2.05) is 0 Å². The number of hydrogen-bond donors (Lipinski definition) is 1. The van der Waals surface area contributed by atoms with Crippen LogP contribution in [0.1, 0.15) is 26.7 Å². The molecule has 0 amide bonds. The lowest BCUT2D eigenvalue weighted by molar-refractivity contribution is 0.123. The summed E-state index contributed by atoms with van der Waals surface area (Å²) in [6.07, 6.45) is 2.09. The topological polar surface area (TPSA) is 36.9 Å². The smallest absolute Gasteiger partial charge is 0.102 e. The lowest BCUT2D eigenvalue weighted by Gasteiger charge is -2.29. The second kappa shape index (κ2) is 7.90. The van der Waals surface area contributed by atoms with E-state index in [0.29, 0.717) is 0 Å². The number of aliphatic imine (C=N–C) groups is 1. The Balaban J connectivity index is 2.23. The van der Waals surface area contributed by atoms with Crippen molar-refractivity contribution in [2.45, 2.75) is 26.7 Å². The molecule has 0 spiro atoms. The summed E-state index contributed by atoms with van der Waals surface area (Å²) >= 11 is 0. The van der Waals surface area contributed by atoms with Crippen molar-refractivity contribution in [2.75, 3.05) is 37.7 Å². The molecule has 110 valence electrons. The van der Waals surface area contributed by atoms with Crippen LogP contribution in [0.25, 0.3) is 0 Å². The van der Waals surface area contributed by atoms with E-state index in [9.17, 15) is 0 Å². The molecule has 1 aromatic rings. The van der Waals surface area contributed by atoms with Crippen molar-refractivity contribution in [3.05, 3.63) is 24.3 Å². The summed E-state index contributed by atoms with van der Waals surface area (Å²) in [5.74, 6) is 1.08. The van der Waals surface area contributed by atoms with Crippen LogP contribution in [0.4, 0.5) is 11.4 Å². The van der Waals surface area contributed by atoms with E-state index in [1.54, 1.807) is 0 Å². The van der Waals surface area contributed by atoms with Gasteiger partial charge in [-0.2, -0.15) is 0 Å². The van der Waals surface area contributed by atoms with Crippen LogP contribution in [0.15, 0.2) is 29.3 Å². The molecular formula is C16H25N3O. The van der Waals surface area contributed by atoms with Gasteiger partial charge in [0.05, 0.1) is 24.6 Å². The summed E-state index contributed by atoms with van der Waals surface area (Å²) in [5.41, 5.74) is 2.26. The molecule has 0 saturated carbocycles. The zero-order valence-corrected chi connectivity index (χ0v) is 12.6. The van der Waals surface area contributed by atoms with Crippen LogP contribution < -0.4 is 10.2 Å². The standard InChI is InChI=1S/C16H25N3O/c1-3-7-16(17-4-2)18-14-8-5-6-9-15(14)19-10-12-20-13-11-19/h5-6,8-9H,3-4,7,10-13H2,1-2H3,(H,17,18). The molecule has 1 aliphatic heterocycles. The Morgan fingerprint density at radius 2 is 2.00 bits per heavy atom. The van der Waals surface area contributed by atoms with E-state index >= 15 is 0 Å². The van der Waals surface area contributed by atoms with Crippen LogP contribution in [-0.4, -0.2) is 38.7 Å². The first-order valence-electron chi connectivity index (χ1n) is 7.58. The Kier molecular flexibility index (Phi) is 5.87. The predicted octanol–water partition coefficient (Wildman–Crippen LogP) is 2.96. The fraction of sp³-hybridized carbons (Fsp3) is 0.562. The van der Waals surface area contributed by atoms with Crippen molar-refractivity contribution in [3.63, 3.8) is 0 Å². The van der Waals surface area contributed by atoms with Crippen LogP contribution in [0, 0.1) is 0 Å². The van der Waals surface area contributed by atoms with Crippen molar-refractivity contribution in [3.8, 4) is 0 Å². The Morgan fingerprint density at radius 3 is 2.70 bits per heavy atom. The molecule has 1 aromatic carbocycles. The van der Waals surface area contributed by atoms with Crippen molar-refractivity contribution >= 4 is 17.2 Å². The second-order valence-electron chi connectivity index (χ2n) is 4.93. The molecule has 1 N–H and O–H groups in total. The summed E-state index contributed by atoms with van der Waals surface area (Å²) in [7, 11) is 0. The maximum Gasteiger partial charge on any atom is 0.102 e. The van der Waals surface area contributed by atoms with Crippen LogP contribution in [0.2, 0.25) is 0 Å². The van der Waals surface area contributed by atoms with Crippen molar-refractivity contribution in [1.82, 2.24) is 5.32 Å². The SMILES string of the molecule is CCC/C(=N/c1ccccc1N1CCOCC1)NCC. The van der Waals surface area contributed by atoms with E-state index in [4.69, 9.17) is 9.73 Å². The minimum absolute atomic E-state index is 0.799. The average Bonchev–Trinajstić information content (AvgIpc) is 2.49. The van der Waals surface area contributed by atoms with Crippen LogP contribution in [0.3, 0.4) is 0 Å². The number of para-hydroxylation sites is 2. The van der Waals surface area contributed by atoms with Gasteiger partial charge in [-0.25, -0.2) is 4.99 Å². The van der Waals surface area contributed by atoms with Gasteiger partial charge in [-0.15, -0.1) is 0 Å². The van der Waals surface area contributed by atoms with Crippen molar-refractivity contribution < 1.29 is 4.74 Å². The van der Waals surface area contributed by atoms with Gasteiger partial charge >= 0.3 is 0 Å². The molecule has 0 bridgehead atoms. The fourth-order valence-corrected chi connectivity index (χ4v) is 2.40. The van der Waals surface area contributed by atoms with Gasteiger partial charge in [-0.1, -0.05) is 19.1 Å². The molecule has 4 nitrogen and oxygen atoms in total. The van der Waals surface area contributed by atoms with Gasteiger partial charge in [-0.05, 0) is 25.5 Å². The first-order chi connectivity index (χ1) is 9.85. The van der Waals surface area contributed by atoms with Gasteiger partial charge in [0.25, 0.3) is 0 Å². The Morgan fingerprint density at radius 1 is 1.25 bits per heavy atom. The number of nitrogens with zero attached hydrogens (tertiary/aromatic N) is 2. The molecule has 0 radical (unpaired) electrons. The zero-order valence-electron chi connectivity index (χ0n) is 12.6.